The van der Waals surface area contributed by atoms with E-state index < -0.39 is 44.2 Å². The number of ether oxygens (including phenoxy) is 2. The lowest BCUT2D eigenvalue weighted by molar-refractivity contribution is -0.295. The van der Waals surface area contributed by atoms with E-state index in [9.17, 15) is 14.7 Å². The summed E-state index contributed by atoms with van der Waals surface area (Å²) in [6.45, 7) is 10.7. The van der Waals surface area contributed by atoms with Gasteiger partial charge in [-0.3, -0.25) is 9.78 Å². The van der Waals surface area contributed by atoms with Gasteiger partial charge in [-0.2, -0.15) is 4.98 Å². The van der Waals surface area contributed by atoms with Crippen LogP contribution in [0.15, 0.2) is 113 Å². The highest BCUT2D eigenvalue weighted by Crippen LogP contribution is 2.39. The Morgan fingerprint density at radius 1 is 0.824 bits per heavy atom. The van der Waals surface area contributed by atoms with Gasteiger partial charge in [-0.1, -0.05) is 112 Å². The molecule has 1 fully saturated rings. The van der Waals surface area contributed by atoms with E-state index in [-0.39, 0.29) is 29.7 Å². The summed E-state index contributed by atoms with van der Waals surface area (Å²) in [5, 5.41) is 14.1. The summed E-state index contributed by atoms with van der Waals surface area (Å²) in [6.07, 6.45) is -3.64. The van der Waals surface area contributed by atoms with Crippen LogP contribution in [0.2, 0.25) is 5.04 Å². The number of nitrogens with one attached hydrogen (secondary N) is 1. The van der Waals surface area contributed by atoms with E-state index in [4.69, 9.17) is 13.9 Å². The Balaban J connectivity index is 1.32. The monoisotopic (exact) mass is 702 g/mol. The Bertz CT molecular complexity index is 2200. The second-order valence-electron chi connectivity index (χ2n) is 14.2. The van der Waals surface area contributed by atoms with Crippen molar-refractivity contribution in [1.29, 1.82) is 0 Å². The Kier molecular flexibility index (Phi) is 9.34. The summed E-state index contributed by atoms with van der Waals surface area (Å²) in [6, 6.07) is 34.1. The van der Waals surface area contributed by atoms with Gasteiger partial charge in [0, 0.05) is 5.56 Å². The Morgan fingerprint density at radius 2 is 1.39 bits per heavy atom. The Hall–Kier alpha value is -4.78. The molecule has 0 radical (unpaired) electrons. The standard InChI is InChI=1S/C40H42N4O6Si/c1-25-21-30-31(22-26(25)2)44(36-34(41-30)37(46)43-39(47)42-36)23-32-35(45)33(50-38(49-32)27-15-9-6-10-16-27)24-48-51(40(3,4)5,28-17-11-7-12-18-28)29-19-13-8-14-20-29/h6-22,32-33,35,38,45H,23-24H2,1-5H3,(H,43,46,47)/t32-,33+,35-,38?/m0/s1. The van der Waals surface area contributed by atoms with Crippen LogP contribution in [-0.2, 0) is 20.4 Å². The van der Waals surface area contributed by atoms with Crippen LogP contribution in [0, 0.1) is 13.8 Å². The maximum absolute atomic E-state index is 13.0. The highest BCUT2D eigenvalue weighted by molar-refractivity contribution is 6.99. The molecule has 1 unspecified atom stereocenters. The van der Waals surface area contributed by atoms with Crippen LogP contribution in [0.25, 0.3) is 22.6 Å². The normalized spacial score (nSPS) is 19.8. The molecule has 10 nitrogen and oxygen atoms in total. The van der Waals surface area contributed by atoms with Crippen LogP contribution in [0.3, 0.4) is 0 Å². The molecule has 7 rings (SSSR count). The van der Waals surface area contributed by atoms with Gasteiger partial charge in [-0.15, -0.1) is 0 Å². The zero-order chi connectivity index (χ0) is 35.9. The molecule has 0 amide bonds. The van der Waals surface area contributed by atoms with Crippen molar-refractivity contribution in [3.05, 3.63) is 141 Å². The van der Waals surface area contributed by atoms with Crippen molar-refractivity contribution >= 4 is 29.7 Å². The van der Waals surface area contributed by atoms with Crippen molar-refractivity contribution < 1.29 is 19.0 Å². The number of aryl methyl sites for hydroxylation is 2. The van der Waals surface area contributed by atoms with E-state index in [1.54, 1.807) is 4.57 Å². The molecule has 0 aromatic heterocycles. The van der Waals surface area contributed by atoms with Crippen LogP contribution in [0.4, 0.5) is 0 Å². The van der Waals surface area contributed by atoms with E-state index in [1.807, 2.05) is 92.7 Å². The number of aromatic amines is 1. The molecule has 3 aliphatic rings. The summed E-state index contributed by atoms with van der Waals surface area (Å²) in [4.78, 5) is 36.6. The first-order chi connectivity index (χ1) is 24.5. The van der Waals surface area contributed by atoms with Crippen molar-refractivity contribution in [3.8, 4) is 11.5 Å². The summed E-state index contributed by atoms with van der Waals surface area (Å²) in [5.74, 6) is 0.109. The third-order valence-electron chi connectivity index (χ3n) is 9.90. The Labute approximate surface area is 297 Å². The second kappa shape index (κ2) is 13.7. The molecule has 3 heterocycles. The molecule has 3 aliphatic heterocycles. The van der Waals surface area contributed by atoms with E-state index in [0.29, 0.717) is 11.0 Å². The first-order valence-electron chi connectivity index (χ1n) is 17.2. The second-order valence-corrected chi connectivity index (χ2v) is 18.6. The number of nitrogens with zero attached hydrogens (tertiary/aromatic N) is 3. The number of hydrogen-bond donors (Lipinski definition) is 2. The van der Waals surface area contributed by atoms with Gasteiger partial charge in [0.2, 0.25) is 0 Å². The van der Waals surface area contributed by atoms with E-state index in [1.165, 1.54) is 0 Å². The number of aromatic nitrogens is 4. The average Bonchev–Trinajstić information content (AvgIpc) is 3.11. The van der Waals surface area contributed by atoms with Crippen LogP contribution < -0.4 is 21.6 Å². The molecule has 0 bridgehead atoms. The fraction of sp³-hybridized carbons (Fsp3) is 0.300. The van der Waals surface area contributed by atoms with Gasteiger partial charge >= 0.3 is 5.69 Å². The predicted octanol–water partition coefficient (Wildman–Crippen LogP) is 4.62. The largest absolute Gasteiger partial charge is 0.405 e. The number of aliphatic hydroxyl groups excluding tert-OH is 1. The smallest absolute Gasteiger partial charge is 0.349 e. The van der Waals surface area contributed by atoms with Crippen LogP contribution in [0.1, 0.15) is 43.8 Å². The minimum atomic E-state index is -2.99. The van der Waals surface area contributed by atoms with Gasteiger partial charge in [0.1, 0.15) is 18.3 Å². The Morgan fingerprint density at radius 3 is 2.00 bits per heavy atom. The molecule has 2 N–H and O–H groups in total. The molecule has 1 saturated heterocycles. The van der Waals surface area contributed by atoms with Gasteiger partial charge in [0.15, 0.2) is 17.8 Å². The van der Waals surface area contributed by atoms with Crippen molar-refractivity contribution in [2.45, 2.75) is 70.8 Å². The van der Waals surface area contributed by atoms with Crippen LogP contribution in [-0.4, -0.2) is 57.9 Å². The topological polar surface area (TPSA) is 129 Å². The van der Waals surface area contributed by atoms with Crippen LogP contribution >= 0.6 is 0 Å². The molecule has 0 aliphatic carbocycles. The van der Waals surface area contributed by atoms with Crippen molar-refractivity contribution in [2.75, 3.05) is 6.61 Å². The number of benzene rings is 4. The molecule has 0 saturated carbocycles. The molecule has 4 aromatic carbocycles. The molecule has 0 spiro atoms. The number of rotatable bonds is 8. The summed E-state index contributed by atoms with van der Waals surface area (Å²) < 4.78 is 22.1. The fourth-order valence-electron chi connectivity index (χ4n) is 7.19. The molecular formula is C40H42N4O6Si. The van der Waals surface area contributed by atoms with Crippen molar-refractivity contribution in [1.82, 2.24) is 19.5 Å². The maximum atomic E-state index is 13.0. The van der Waals surface area contributed by atoms with E-state index in [2.05, 4.69) is 60.0 Å². The summed E-state index contributed by atoms with van der Waals surface area (Å²) in [5.41, 5.74) is 2.60. The average molecular weight is 703 g/mol. The lowest BCUT2D eigenvalue weighted by Gasteiger charge is -2.45. The van der Waals surface area contributed by atoms with Crippen LogP contribution in [0.5, 0.6) is 0 Å². The molecular weight excluding hydrogens is 661 g/mol. The highest BCUT2D eigenvalue weighted by Gasteiger charge is 2.51. The number of H-pyrrole nitrogens is 1. The van der Waals surface area contributed by atoms with Crippen molar-refractivity contribution in [2.24, 2.45) is 0 Å². The molecule has 4 atom stereocenters. The van der Waals surface area contributed by atoms with Gasteiger partial charge in [-0.05, 0) is 52.5 Å². The highest BCUT2D eigenvalue weighted by atomic mass is 28.4. The lowest BCUT2D eigenvalue weighted by Crippen LogP contribution is -2.67. The zero-order valence-corrected chi connectivity index (χ0v) is 30.4. The lowest BCUT2D eigenvalue weighted by atomic mass is 10.0. The van der Waals surface area contributed by atoms with Gasteiger partial charge in [0.05, 0.1) is 24.2 Å². The van der Waals surface area contributed by atoms with Gasteiger partial charge < -0.3 is 23.6 Å². The van der Waals surface area contributed by atoms with Gasteiger partial charge in [-0.25, -0.2) is 9.78 Å². The summed E-state index contributed by atoms with van der Waals surface area (Å²) in [7, 11) is -2.99. The minimum absolute atomic E-state index is 0.0260. The minimum Gasteiger partial charge on any atom is -0.405 e. The van der Waals surface area contributed by atoms with Gasteiger partial charge in [0.25, 0.3) is 13.9 Å². The number of aliphatic hydroxyl groups is 1. The number of hydrogen-bond acceptors (Lipinski definition) is 8. The van der Waals surface area contributed by atoms with E-state index >= 15 is 0 Å². The molecule has 262 valence electrons. The van der Waals surface area contributed by atoms with Crippen molar-refractivity contribution in [3.63, 3.8) is 0 Å². The maximum Gasteiger partial charge on any atom is 0.349 e. The van der Waals surface area contributed by atoms with E-state index in [0.717, 1.165) is 27.1 Å². The number of fused-ring (bicyclic) bond motifs is 2. The molecule has 11 heteroatoms. The first kappa shape index (κ1) is 34.7. The zero-order valence-electron chi connectivity index (χ0n) is 29.4. The molecule has 4 aromatic rings. The first-order valence-corrected chi connectivity index (χ1v) is 19.1. The predicted molar refractivity (Wildman–Crippen MR) is 199 cm³/mol. The SMILES string of the molecule is Cc1cc2nc3c(=O)[nH]c(=O)nc-3n(C[C@@H]3OC(c4ccccc4)O[C@H](CO[Si](c4ccccc4)(c4ccccc4)C(C)(C)C)[C@H]3O)c2cc1C. The molecule has 51 heavy (non-hydrogen) atoms. The summed E-state index contributed by atoms with van der Waals surface area (Å²) >= 11 is 0. The quantitative estimate of drug-likeness (QED) is 0.174. The fourth-order valence-corrected chi connectivity index (χ4v) is 11.8. The third kappa shape index (κ3) is 6.47. The third-order valence-corrected chi connectivity index (χ3v) is 14.9.